The van der Waals surface area contributed by atoms with Crippen molar-refractivity contribution in [3.05, 3.63) is 70.5 Å². The van der Waals surface area contributed by atoms with Crippen LogP contribution in [0.25, 0.3) is 0 Å². The molecule has 170 valence electrons. The van der Waals surface area contributed by atoms with Crippen LogP contribution < -0.4 is 14.8 Å². The molecule has 1 amide bonds. The molecule has 3 N–H and O–H groups in total. The van der Waals surface area contributed by atoms with Gasteiger partial charge >= 0.3 is 0 Å². The average Bonchev–Trinajstić information content (AvgIpc) is 3.17. The van der Waals surface area contributed by atoms with E-state index in [9.17, 15) is 13.2 Å². The fourth-order valence-corrected chi connectivity index (χ4v) is 4.64. The standard InChI is InChI=1S/C22H25ClN4O4S/c1-3-31-19-9-7-18(8-10-19)27-32(29,30)21-13-16(6-11-20(21)23)22(28)24-12-4-5-17-14-25-26-15(17)2/h6-11,13-14,27H,3-5,12H2,1-2H3,(H,24,28)(H,25,26). The maximum Gasteiger partial charge on any atom is 0.263 e. The molecule has 0 atom stereocenters. The summed E-state index contributed by atoms with van der Waals surface area (Å²) in [6.45, 7) is 4.76. The lowest BCUT2D eigenvalue weighted by Gasteiger charge is -2.12. The molecule has 0 saturated heterocycles. The van der Waals surface area contributed by atoms with Gasteiger partial charge in [0.1, 0.15) is 10.6 Å². The van der Waals surface area contributed by atoms with Crippen LogP contribution in [0.5, 0.6) is 5.75 Å². The van der Waals surface area contributed by atoms with Crippen molar-refractivity contribution < 1.29 is 17.9 Å². The third-order valence-electron chi connectivity index (χ3n) is 4.74. The lowest BCUT2D eigenvalue weighted by molar-refractivity contribution is 0.0953. The average molecular weight is 477 g/mol. The fourth-order valence-electron chi connectivity index (χ4n) is 3.06. The Morgan fingerprint density at radius 2 is 1.94 bits per heavy atom. The number of amides is 1. The van der Waals surface area contributed by atoms with E-state index in [0.717, 1.165) is 24.1 Å². The van der Waals surface area contributed by atoms with E-state index < -0.39 is 10.0 Å². The van der Waals surface area contributed by atoms with Crippen molar-refractivity contribution in [3.8, 4) is 5.75 Å². The van der Waals surface area contributed by atoms with Crippen molar-refractivity contribution in [1.29, 1.82) is 0 Å². The predicted molar refractivity (Wildman–Crippen MR) is 124 cm³/mol. The zero-order chi connectivity index (χ0) is 23.1. The number of carbonyl (C=O) groups excluding carboxylic acids is 1. The minimum Gasteiger partial charge on any atom is -0.494 e. The summed E-state index contributed by atoms with van der Waals surface area (Å²) < 4.78 is 33.6. The van der Waals surface area contributed by atoms with E-state index in [1.807, 2.05) is 13.8 Å². The zero-order valence-electron chi connectivity index (χ0n) is 17.8. The summed E-state index contributed by atoms with van der Waals surface area (Å²) >= 11 is 6.14. The Morgan fingerprint density at radius 3 is 2.59 bits per heavy atom. The summed E-state index contributed by atoms with van der Waals surface area (Å²) in [4.78, 5) is 12.3. The number of anilines is 1. The molecule has 0 saturated carbocycles. The molecule has 0 aliphatic heterocycles. The second-order valence-corrected chi connectivity index (χ2v) is 9.15. The number of halogens is 1. The maximum atomic E-state index is 12.9. The summed E-state index contributed by atoms with van der Waals surface area (Å²) in [5, 5.41) is 9.68. The third kappa shape index (κ3) is 6.02. The van der Waals surface area contributed by atoms with E-state index in [2.05, 4.69) is 20.2 Å². The monoisotopic (exact) mass is 476 g/mol. The van der Waals surface area contributed by atoms with Crippen molar-refractivity contribution in [2.24, 2.45) is 0 Å². The van der Waals surface area contributed by atoms with Crippen LogP contribution in [-0.2, 0) is 16.4 Å². The van der Waals surface area contributed by atoms with Crippen molar-refractivity contribution in [3.63, 3.8) is 0 Å². The maximum absolute atomic E-state index is 12.9. The minimum absolute atomic E-state index is 0.0235. The van der Waals surface area contributed by atoms with E-state index in [0.29, 0.717) is 24.6 Å². The number of H-pyrrole nitrogens is 1. The smallest absolute Gasteiger partial charge is 0.263 e. The highest BCUT2D eigenvalue weighted by Crippen LogP contribution is 2.26. The second-order valence-electron chi connectivity index (χ2n) is 7.09. The van der Waals surface area contributed by atoms with Gasteiger partial charge < -0.3 is 10.1 Å². The van der Waals surface area contributed by atoms with E-state index in [1.165, 1.54) is 18.2 Å². The van der Waals surface area contributed by atoms with Gasteiger partial charge in [-0.15, -0.1) is 0 Å². The molecule has 1 heterocycles. The van der Waals surface area contributed by atoms with Gasteiger partial charge in [0.25, 0.3) is 15.9 Å². The van der Waals surface area contributed by atoms with Crippen LogP contribution in [0.2, 0.25) is 5.02 Å². The summed E-state index contributed by atoms with van der Waals surface area (Å²) in [5.41, 5.74) is 2.67. The Hall–Kier alpha value is -3.04. The third-order valence-corrected chi connectivity index (χ3v) is 6.61. The molecule has 0 spiro atoms. The predicted octanol–water partition coefficient (Wildman–Crippen LogP) is 3.93. The molecular formula is C22H25ClN4O4S. The zero-order valence-corrected chi connectivity index (χ0v) is 19.4. The van der Waals surface area contributed by atoms with E-state index in [4.69, 9.17) is 16.3 Å². The van der Waals surface area contributed by atoms with Gasteiger partial charge in [-0.3, -0.25) is 14.6 Å². The van der Waals surface area contributed by atoms with Crippen molar-refractivity contribution >= 4 is 33.2 Å². The van der Waals surface area contributed by atoms with Crippen molar-refractivity contribution in [1.82, 2.24) is 15.5 Å². The van der Waals surface area contributed by atoms with Gasteiger partial charge in [-0.25, -0.2) is 8.42 Å². The van der Waals surface area contributed by atoms with Crippen LogP contribution in [-0.4, -0.2) is 37.7 Å². The van der Waals surface area contributed by atoms with Crippen LogP contribution in [0.15, 0.2) is 53.6 Å². The number of benzene rings is 2. The first-order chi connectivity index (χ1) is 15.3. The topological polar surface area (TPSA) is 113 Å². The molecule has 0 aliphatic carbocycles. The molecule has 0 aliphatic rings. The van der Waals surface area contributed by atoms with E-state index >= 15 is 0 Å². The van der Waals surface area contributed by atoms with Crippen molar-refractivity contribution in [2.75, 3.05) is 17.9 Å². The van der Waals surface area contributed by atoms with Gasteiger partial charge in [-0.2, -0.15) is 5.10 Å². The van der Waals surface area contributed by atoms with Gasteiger partial charge in [0, 0.05) is 23.5 Å². The number of carbonyl (C=O) groups is 1. The number of aromatic nitrogens is 2. The lowest BCUT2D eigenvalue weighted by Crippen LogP contribution is -2.25. The number of ether oxygens (including phenoxy) is 1. The van der Waals surface area contributed by atoms with Gasteiger partial charge in [0.2, 0.25) is 0 Å². The number of sulfonamides is 1. The van der Waals surface area contributed by atoms with Gasteiger partial charge in [-0.1, -0.05) is 11.6 Å². The Bertz CT molecular complexity index is 1180. The Balaban J connectivity index is 1.65. The number of nitrogens with zero attached hydrogens (tertiary/aromatic N) is 1. The molecule has 10 heteroatoms. The molecule has 0 unspecified atom stereocenters. The molecule has 32 heavy (non-hydrogen) atoms. The molecule has 0 radical (unpaired) electrons. The van der Waals surface area contributed by atoms with Crippen LogP contribution in [0, 0.1) is 6.92 Å². The van der Waals surface area contributed by atoms with Crippen LogP contribution in [0.4, 0.5) is 5.69 Å². The Kier molecular flexibility index (Phi) is 7.76. The van der Waals surface area contributed by atoms with E-state index in [1.54, 1.807) is 30.5 Å². The number of rotatable bonds is 10. The van der Waals surface area contributed by atoms with Crippen LogP contribution in [0.1, 0.15) is 35.0 Å². The highest BCUT2D eigenvalue weighted by Gasteiger charge is 2.20. The lowest BCUT2D eigenvalue weighted by atomic mass is 10.1. The summed E-state index contributed by atoms with van der Waals surface area (Å²) in [6, 6.07) is 10.7. The summed E-state index contributed by atoms with van der Waals surface area (Å²) in [6.07, 6.45) is 3.27. The number of hydrogen-bond donors (Lipinski definition) is 3. The Morgan fingerprint density at radius 1 is 1.19 bits per heavy atom. The summed E-state index contributed by atoms with van der Waals surface area (Å²) in [5.74, 6) is 0.262. The van der Waals surface area contributed by atoms with Gasteiger partial charge in [0.15, 0.2) is 0 Å². The molecule has 2 aromatic carbocycles. The SMILES string of the molecule is CCOc1ccc(NS(=O)(=O)c2cc(C(=O)NCCCc3cn[nH]c3C)ccc2Cl)cc1. The molecular weight excluding hydrogens is 452 g/mol. The van der Waals surface area contributed by atoms with Gasteiger partial charge in [-0.05, 0) is 74.7 Å². The molecule has 8 nitrogen and oxygen atoms in total. The summed E-state index contributed by atoms with van der Waals surface area (Å²) in [7, 11) is -4.00. The second kappa shape index (κ2) is 10.5. The van der Waals surface area contributed by atoms with E-state index in [-0.39, 0.29) is 21.4 Å². The molecule has 0 bridgehead atoms. The molecule has 0 fully saturated rings. The largest absolute Gasteiger partial charge is 0.494 e. The molecule has 3 aromatic rings. The highest BCUT2D eigenvalue weighted by molar-refractivity contribution is 7.92. The first-order valence-corrected chi connectivity index (χ1v) is 12.0. The van der Waals surface area contributed by atoms with Crippen LogP contribution in [0.3, 0.4) is 0 Å². The molecule has 1 aromatic heterocycles. The van der Waals surface area contributed by atoms with Crippen LogP contribution >= 0.6 is 11.6 Å². The normalized spacial score (nSPS) is 11.2. The van der Waals surface area contributed by atoms with Gasteiger partial charge in [0.05, 0.1) is 17.8 Å². The first kappa shape index (κ1) is 23.6. The quantitative estimate of drug-likeness (QED) is 0.384. The Labute approximate surface area is 192 Å². The first-order valence-electron chi connectivity index (χ1n) is 10.1. The highest BCUT2D eigenvalue weighted by atomic mass is 35.5. The molecule has 3 rings (SSSR count). The fraction of sp³-hybridized carbons (Fsp3) is 0.273. The number of aryl methyl sites for hydroxylation is 2. The number of hydrogen-bond acceptors (Lipinski definition) is 5. The number of aromatic amines is 1. The van der Waals surface area contributed by atoms with Crippen molar-refractivity contribution in [2.45, 2.75) is 31.6 Å². The minimum atomic E-state index is -4.00. The number of nitrogens with one attached hydrogen (secondary N) is 3.